The molecule has 2 unspecified atom stereocenters. The van der Waals surface area contributed by atoms with Crippen molar-refractivity contribution >= 4 is 23.4 Å². The van der Waals surface area contributed by atoms with E-state index in [9.17, 15) is 0 Å². The van der Waals surface area contributed by atoms with Gasteiger partial charge in [0.15, 0.2) is 0 Å². The molecule has 2 atom stereocenters. The molecule has 1 aliphatic carbocycles. The second kappa shape index (κ2) is 4.77. The highest BCUT2D eigenvalue weighted by Gasteiger charge is 2.28. The molecule has 1 fully saturated rings. The number of hydrogen-bond acceptors (Lipinski definition) is 3. The molecule has 2 nitrogen and oxygen atoms in total. The lowest BCUT2D eigenvalue weighted by atomic mass is 10.0. The molecule has 0 bridgehead atoms. The van der Waals surface area contributed by atoms with E-state index in [0.717, 1.165) is 23.2 Å². The fourth-order valence-electron chi connectivity index (χ4n) is 2.89. The van der Waals surface area contributed by atoms with Crippen molar-refractivity contribution in [2.45, 2.75) is 50.0 Å². The second-order valence-corrected chi connectivity index (χ2v) is 6.42. The van der Waals surface area contributed by atoms with E-state index in [-0.39, 0.29) is 0 Å². The SMILES string of the molecule is CCC1CCC(c2nc(Cl)c3c(n2)CSC3)C1. The lowest BCUT2D eigenvalue weighted by molar-refractivity contribution is 0.516. The van der Waals surface area contributed by atoms with E-state index >= 15 is 0 Å². The first-order valence-electron chi connectivity index (χ1n) is 6.40. The van der Waals surface area contributed by atoms with Gasteiger partial charge < -0.3 is 0 Å². The normalized spacial score (nSPS) is 27.4. The Kier molecular flexibility index (Phi) is 3.31. The van der Waals surface area contributed by atoms with Gasteiger partial charge in [-0.1, -0.05) is 24.9 Å². The summed E-state index contributed by atoms with van der Waals surface area (Å²) in [4.78, 5) is 9.28. The predicted molar refractivity (Wildman–Crippen MR) is 72.4 cm³/mol. The number of fused-ring (bicyclic) bond motifs is 1. The number of nitrogens with zero attached hydrogens (tertiary/aromatic N) is 2. The largest absolute Gasteiger partial charge is 0.236 e. The van der Waals surface area contributed by atoms with Crippen molar-refractivity contribution in [1.82, 2.24) is 9.97 Å². The van der Waals surface area contributed by atoms with Gasteiger partial charge in [-0.25, -0.2) is 9.97 Å². The van der Waals surface area contributed by atoms with Crippen molar-refractivity contribution in [2.24, 2.45) is 5.92 Å². The van der Waals surface area contributed by atoms with Crippen LogP contribution in [0.1, 0.15) is 55.6 Å². The minimum atomic E-state index is 0.549. The quantitative estimate of drug-likeness (QED) is 0.753. The average molecular weight is 269 g/mol. The van der Waals surface area contributed by atoms with Gasteiger partial charge >= 0.3 is 0 Å². The Bertz CT molecular complexity index is 436. The van der Waals surface area contributed by atoms with Gasteiger partial charge in [0, 0.05) is 23.0 Å². The lowest BCUT2D eigenvalue weighted by Crippen LogP contribution is -2.05. The third kappa shape index (κ3) is 2.19. The molecular formula is C13H17ClN2S. The standard InChI is InChI=1S/C13H17ClN2S/c1-2-8-3-4-9(5-8)13-15-11-7-17-6-10(11)12(14)16-13/h8-9H,2-7H2,1H3. The maximum Gasteiger partial charge on any atom is 0.137 e. The van der Waals surface area contributed by atoms with Crippen molar-refractivity contribution in [2.75, 3.05) is 0 Å². The minimum absolute atomic E-state index is 0.549. The summed E-state index contributed by atoms with van der Waals surface area (Å²) in [5.74, 6) is 4.41. The Balaban J connectivity index is 1.87. The van der Waals surface area contributed by atoms with E-state index in [1.165, 1.54) is 36.9 Å². The molecule has 2 aliphatic rings. The minimum Gasteiger partial charge on any atom is -0.236 e. The van der Waals surface area contributed by atoms with Crippen LogP contribution >= 0.6 is 23.4 Å². The molecule has 0 amide bonds. The highest BCUT2D eigenvalue weighted by Crippen LogP contribution is 2.40. The molecule has 0 saturated heterocycles. The second-order valence-electron chi connectivity index (χ2n) is 5.07. The van der Waals surface area contributed by atoms with Gasteiger partial charge in [0.1, 0.15) is 11.0 Å². The van der Waals surface area contributed by atoms with Crippen molar-refractivity contribution < 1.29 is 0 Å². The molecule has 3 rings (SSSR count). The molecule has 1 saturated carbocycles. The summed E-state index contributed by atoms with van der Waals surface area (Å²) < 4.78 is 0. The van der Waals surface area contributed by atoms with Crippen LogP contribution in [0.3, 0.4) is 0 Å². The van der Waals surface area contributed by atoms with Crippen molar-refractivity contribution in [3.05, 3.63) is 22.2 Å². The predicted octanol–water partition coefficient (Wildman–Crippen LogP) is 4.17. The summed E-state index contributed by atoms with van der Waals surface area (Å²) >= 11 is 8.15. The average Bonchev–Trinajstić information content (AvgIpc) is 2.97. The summed E-state index contributed by atoms with van der Waals surface area (Å²) in [7, 11) is 0. The Morgan fingerprint density at radius 1 is 1.29 bits per heavy atom. The van der Waals surface area contributed by atoms with Crippen LogP contribution in [0.2, 0.25) is 5.15 Å². The highest BCUT2D eigenvalue weighted by atomic mass is 35.5. The van der Waals surface area contributed by atoms with E-state index < -0.39 is 0 Å². The van der Waals surface area contributed by atoms with Gasteiger partial charge in [0.25, 0.3) is 0 Å². The number of aromatic nitrogens is 2. The molecule has 4 heteroatoms. The van der Waals surface area contributed by atoms with Gasteiger partial charge in [-0.2, -0.15) is 11.8 Å². The molecule has 0 aromatic carbocycles. The summed E-state index contributed by atoms with van der Waals surface area (Å²) in [6.45, 7) is 2.28. The Labute approximate surface area is 112 Å². The van der Waals surface area contributed by atoms with Gasteiger partial charge in [0.2, 0.25) is 0 Å². The van der Waals surface area contributed by atoms with Gasteiger partial charge in [-0.3, -0.25) is 0 Å². The van der Waals surface area contributed by atoms with Crippen LogP contribution in [-0.2, 0) is 11.5 Å². The Morgan fingerprint density at radius 3 is 2.94 bits per heavy atom. The monoisotopic (exact) mass is 268 g/mol. The fourth-order valence-corrected chi connectivity index (χ4v) is 4.28. The fraction of sp³-hybridized carbons (Fsp3) is 0.692. The molecule has 0 radical (unpaired) electrons. The molecule has 2 heterocycles. The summed E-state index contributed by atoms with van der Waals surface area (Å²) in [5, 5.41) is 0.704. The smallest absolute Gasteiger partial charge is 0.137 e. The number of rotatable bonds is 2. The van der Waals surface area contributed by atoms with E-state index in [0.29, 0.717) is 11.1 Å². The van der Waals surface area contributed by atoms with Crippen LogP contribution in [-0.4, -0.2) is 9.97 Å². The van der Waals surface area contributed by atoms with E-state index in [4.69, 9.17) is 16.6 Å². The zero-order valence-corrected chi connectivity index (χ0v) is 11.7. The summed E-state index contributed by atoms with van der Waals surface area (Å²) in [5.41, 5.74) is 2.36. The summed E-state index contributed by atoms with van der Waals surface area (Å²) in [6.07, 6.45) is 5.10. The van der Waals surface area contributed by atoms with Crippen molar-refractivity contribution in [1.29, 1.82) is 0 Å². The van der Waals surface area contributed by atoms with Crippen LogP contribution in [0.25, 0.3) is 0 Å². The molecule has 17 heavy (non-hydrogen) atoms. The first-order valence-corrected chi connectivity index (χ1v) is 7.94. The molecule has 0 spiro atoms. The lowest BCUT2D eigenvalue weighted by Gasteiger charge is -2.11. The number of hydrogen-bond donors (Lipinski definition) is 0. The Hall–Kier alpha value is -0.280. The molecule has 1 aliphatic heterocycles. The van der Waals surface area contributed by atoms with E-state index in [2.05, 4.69) is 11.9 Å². The summed E-state index contributed by atoms with van der Waals surface area (Å²) in [6, 6.07) is 0. The topological polar surface area (TPSA) is 25.8 Å². The number of thioether (sulfide) groups is 1. The van der Waals surface area contributed by atoms with E-state index in [1.807, 2.05) is 11.8 Å². The van der Waals surface area contributed by atoms with Crippen molar-refractivity contribution in [3.63, 3.8) is 0 Å². The third-order valence-electron chi connectivity index (χ3n) is 4.03. The molecular weight excluding hydrogens is 252 g/mol. The zero-order chi connectivity index (χ0) is 11.8. The van der Waals surface area contributed by atoms with Crippen LogP contribution in [0.5, 0.6) is 0 Å². The van der Waals surface area contributed by atoms with Gasteiger partial charge in [-0.15, -0.1) is 0 Å². The maximum atomic E-state index is 6.26. The van der Waals surface area contributed by atoms with Crippen LogP contribution in [0.4, 0.5) is 0 Å². The van der Waals surface area contributed by atoms with Crippen LogP contribution < -0.4 is 0 Å². The van der Waals surface area contributed by atoms with Gasteiger partial charge in [0.05, 0.1) is 5.69 Å². The molecule has 0 N–H and O–H groups in total. The van der Waals surface area contributed by atoms with Crippen LogP contribution in [0.15, 0.2) is 0 Å². The molecule has 1 aromatic heterocycles. The maximum absolute atomic E-state index is 6.26. The first-order chi connectivity index (χ1) is 8.28. The molecule has 1 aromatic rings. The number of halogens is 1. The van der Waals surface area contributed by atoms with Gasteiger partial charge in [-0.05, 0) is 25.2 Å². The van der Waals surface area contributed by atoms with E-state index in [1.54, 1.807) is 0 Å². The van der Waals surface area contributed by atoms with Crippen LogP contribution in [0, 0.1) is 5.92 Å². The molecule has 92 valence electrons. The van der Waals surface area contributed by atoms with Crippen molar-refractivity contribution in [3.8, 4) is 0 Å². The Morgan fingerprint density at radius 2 is 2.18 bits per heavy atom. The highest BCUT2D eigenvalue weighted by molar-refractivity contribution is 7.98. The third-order valence-corrected chi connectivity index (χ3v) is 5.31. The first kappa shape index (κ1) is 11.8. The zero-order valence-electron chi connectivity index (χ0n) is 10.1.